The molecular weight excluding hydrogens is 222 g/mol. The number of nitrogens with two attached hydrogens (primary N) is 1. The Balaban J connectivity index is 2.16. The smallest absolute Gasteiger partial charge is 0.0876 e. The highest BCUT2D eigenvalue weighted by molar-refractivity contribution is 5.33. The van der Waals surface area contributed by atoms with Gasteiger partial charge in [-0.2, -0.15) is 0 Å². The van der Waals surface area contributed by atoms with Crippen LogP contribution in [0.1, 0.15) is 50.8 Å². The summed E-state index contributed by atoms with van der Waals surface area (Å²) in [6.07, 6.45) is 3.95. The van der Waals surface area contributed by atoms with E-state index in [0.29, 0.717) is 0 Å². The SMILES string of the molecule is CC(C)(C)c1ccc(C(N)C2=COCCC2)cc1. The van der Waals surface area contributed by atoms with Crippen molar-refractivity contribution >= 4 is 0 Å². The Kier molecular flexibility index (Phi) is 3.76. The van der Waals surface area contributed by atoms with E-state index in [9.17, 15) is 0 Å². The van der Waals surface area contributed by atoms with E-state index in [-0.39, 0.29) is 11.5 Å². The minimum absolute atomic E-state index is 0.0284. The van der Waals surface area contributed by atoms with Crippen molar-refractivity contribution < 1.29 is 4.74 Å². The Bertz CT molecular complexity index is 425. The molecule has 0 bridgehead atoms. The third-order valence-electron chi connectivity index (χ3n) is 3.50. The maximum atomic E-state index is 6.28. The summed E-state index contributed by atoms with van der Waals surface area (Å²) in [5, 5.41) is 0. The normalized spacial score (nSPS) is 17.9. The van der Waals surface area contributed by atoms with E-state index in [1.165, 1.54) is 16.7 Å². The van der Waals surface area contributed by atoms with Crippen LogP contribution in [0.4, 0.5) is 0 Å². The molecule has 0 amide bonds. The second-order valence-electron chi connectivity index (χ2n) is 6.02. The van der Waals surface area contributed by atoms with E-state index >= 15 is 0 Å². The van der Waals surface area contributed by atoms with Crippen LogP contribution in [0, 0.1) is 0 Å². The molecule has 2 N–H and O–H groups in total. The molecule has 1 aliphatic heterocycles. The first-order chi connectivity index (χ1) is 8.48. The average Bonchev–Trinajstić information content (AvgIpc) is 2.38. The molecule has 0 fully saturated rings. The molecule has 2 nitrogen and oxygen atoms in total. The van der Waals surface area contributed by atoms with Crippen LogP contribution in [-0.4, -0.2) is 6.61 Å². The van der Waals surface area contributed by atoms with Crippen LogP contribution >= 0.6 is 0 Å². The largest absolute Gasteiger partial charge is 0.501 e. The van der Waals surface area contributed by atoms with E-state index in [4.69, 9.17) is 10.5 Å². The van der Waals surface area contributed by atoms with Crippen molar-refractivity contribution in [1.82, 2.24) is 0 Å². The number of hydrogen-bond donors (Lipinski definition) is 1. The number of ether oxygens (including phenoxy) is 1. The van der Waals surface area contributed by atoms with Gasteiger partial charge in [0, 0.05) is 0 Å². The molecule has 0 radical (unpaired) electrons. The Morgan fingerprint density at radius 1 is 1.17 bits per heavy atom. The lowest BCUT2D eigenvalue weighted by molar-refractivity contribution is 0.221. The molecule has 18 heavy (non-hydrogen) atoms. The van der Waals surface area contributed by atoms with Crippen LogP contribution in [0.5, 0.6) is 0 Å². The quantitative estimate of drug-likeness (QED) is 0.862. The monoisotopic (exact) mass is 245 g/mol. The van der Waals surface area contributed by atoms with Gasteiger partial charge < -0.3 is 10.5 Å². The highest BCUT2D eigenvalue weighted by atomic mass is 16.5. The van der Waals surface area contributed by atoms with Crippen LogP contribution in [0.3, 0.4) is 0 Å². The zero-order valence-corrected chi connectivity index (χ0v) is 11.6. The molecule has 2 heteroatoms. The fourth-order valence-corrected chi connectivity index (χ4v) is 2.22. The van der Waals surface area contributed by atoms with Gasteiger partial charge in [0.1, 0.15) is 0 Å². The lowest BCUT2D eigenvalue weighted by Gasteiger charge is -2.22. The number of hydrogen-bond acceptors (Lipinski definition) is 2. The maximum Gasteiger partial charge on any atom is 0.0876 e. The van der Waals surface area contributed by atoms with Crippen LogP contribution in [0.15, 0.2) is 36.1 Å². The van der Waals surface area contributed by atoms with E-state index in [1.807, 2.05) is 6.26 Å². The molecule has 0 saturated carbocycles. The van der Waals surface area contributed by atoms with Gasteiger partial charge in [-0.15, -0.1) is 0 Å². The molecule has 1 unspecified atom stereocenters. The van der Waals surface area contributed by atoms with Gasteiger partial charge in [0.2, 0.25) is 0 Å². The van der Waals surface area contributed by atoms with E-state index < -0.39 is 0 Å². The minimum Gasteiger partial charge on any atom is -0.501 e. The molecule has 0 aliphatic carbocycles. The van der Waals surface area contributed by atoms with Gasteiger partial charge in [-0.1, -0.05) is 45.0 Å². The molecule has 0 aromatic heterocycles. The lowest BCUT2D eigenvalue weighted by atomic mass is 9.85. The van der Waals surface area contributed by atoms with Crippen molar-refractivity contribution in [2.45, 2.75) is 45.1 Å². The topological polar surface area (TPSA) is 35.2 Å². The minimum atomic E-state index is -0.0284. The maximum absolute atomic E-state index is 6.28. The highest BCUT2D eigenvalue weighted by Gasteiger charge is 2.17. The van der Waals surface area contributed by atoms with Crippen molar-refractivity contribution in [3.05, 3.63) is 47.2 Å². The first-order valence-corrected chi connectivity index (χ1v) is 6.65. The van der Waals surface area contributed by atoms with Crippen molar-refractivity contribution in [1.29, 1.82) is 0 Å². The first kappa shape index (κ1) is 13.2. The predicted octanol–water partition coefficient (Wildman–Crippen LogP) is 3.68. The zero-order valence-electron chi connectivity index (χ0n) is 11.6. The van der Waals surface area contributed by atoms with Gasteiger partial charge in [0.05, 0.1) is 18.9 Å². The van der Waals surface area contributed by atoms with Crippen molar-refractivity contribution in [3.8, 4) is 0 Å². The predicted molar refractivity (Wildman–Crippen MR) is 75.3 cm³/mol. The third kappa shape index (κ3) is 2.94. The van der Waals surface area contributed by atoms with Crippen molar-refractivity contribution in [3.63, 3.8) is 0 Å². The molecule has 0 spiro atoms. The zero-order chi connectivity index (χ0) is 13.2. The van der Waals surface area contributed by atoms with E-state index in [2.05, 4.69) is 45.0 Å². The fourth-order valence-electron chi connectivity index (χ4n) is 2.22. The van der Waals surface area contributed by atoms with Crippen LogP contribution in [0.2, 0.25) is 0 Å². The summed E-state index contributed by atoms with van der Waals surface area (Å²) in [6, 6.07) is 8.61. The van der Waals surface area contributed by atoms with Gasteiger partial charge in [0.15, 0.2) is 0 Å². The Morgan fingerprint density at radius 3 is 2.33 bits per heavy atom. The van der Waals surface area contributed by atoms with Crippen LogP contribution < -0.4 is 5.73 Å². The molecule has 0 saturated heterocycles. The Morgan fingerprint density at radius 2 is 1.83 bits per heavy atom. The molecule has 1 aliphatic rings. The molecule has 1 atom stereocenters. The third-order valence-corrected chi connectivity index (χ3v) is 3.50. The molecular formula is C16H23NO. The first-order valence-electron chi connectivity index (χ1n) is 6.65. The second-order valence-corrected chi connectivity index (χ2v) is 6.02. The molecule has 1 aromatic carbocycles. The molecule has 1 heterocycles. The van der Waals surface area contributed by atoms with Crippen molar-refractivity contribution in [2.75, 3.05) is 6.61 Å². The van der Waals surface area contributed by atoms with E-state index in [0.717, 1.165) is 19.4 Å². The van der Waals surface area contributed by atoms with Crippen LogP contribution in [0.25, 0.3) is 0 Å². The molecule has 98 valence electrons. The van der Waals surface area contributed by atoms with Gasteiger partial charge in [0.25, 0.3) is 0 Å². The lowest BCUT2D eigenvalue weighted by Crippen LogP contribution is -2.17. The van der Waals surface area contributed by atoms with Gasteiger partial charge >= 0.3 is 0 Å². The summed E-state index contributed by atoms with van der Waals surface area (Å²) in [6.45, 7) is 7.48. The summed E-state index contributed by atoms with van der Waals surface area (Å²) in [4.78, 5) is 0. The van der Waals surface area contributed by atoms with Gasteiger partial charge in [-0.05, 0) is 35.0 Å². The second kappa shape index (κ2) is 5.15. The summed E-state index contributed by atoms with van der Waals surface area (Å²) >= 11 is 0. The van der Waals surface area contributed by atoms with Gasteiger partial charge in [-0.3, -0.25) is 0 Å². The van der Waals surface area contributed by atoms with E-state index in [1.54, 1.807) is 0 Å². The number of benzene rings is 1. The molecule has 2 rings (SSSR count). The van der Waals surface area contributed by atoms with Crippen LogP contribution in [-0.2, 0) is 10.2 Å². The van der Waals surface area contributed by atoms with Gasteiger partial charge in [-0.25, -0.2) is 0 Å². The Labute approximate surface area is 110 Å². The number of rotatable bonds is 2. The van der Waals surface area contributed by atoms with Crippen molar-refractivity contribution in [2.24, 2.45) is 5.73 Å². The Hall–Kier alpha value is -1.28. The summed E-state index contributed by atoms with van der Waals surface area (Å²) in [5.41, 5.74) is 10.2. The summed E-state index contributed by atoms with van der Waals surface area (Å²) in [7, 11) is 0. The molecule has 1 aromatic rings. The summed E-state index contributed by atoms with van der Waals surface area (Å²) < 4.78 is 5.36. The fraction of sp³-hybridized carbons (Fsp3) is 0.500. The standard InChI is InChI=1S/C16H23NO/c1-16(2,3)14-8-6-12(7-9-14)15(17)13-5-4-10-18-11-13/h6-9,11,15H,4-5,10,17H2,1-3H3. The average molecular weight is 245 g/mol. The highest BCUT2D eigenvalue weighted by Crippen LogP contribution is 2.28. The summed E-state index contributed by atoms with van der Waals surface area (Å²) in [5.74, 6) is 0.